The summed E-state index contributed by atoms with van der Waals surface area (Å²) >= 11 is 0. The number of hydrogen-bond donors (Lipinski definition) is 0. The molecule has 0 aromatic rings. The molecule has 0 saturated carbocycles. The Labute approximate surface area is 154 Å². The molecule has 0 aromatic carbocycles. The third-order valence-corrected chi connectivity index (χ3v) is 3.29. The van der Waals surface area contributed by atoms with Gasteiger partial charge >= 0.3 is 0 Å². The zero-order chi connectivity index (χ0) is 16.1. The van der Waals surface area contributed by atoms with Crippen LogP contribution in [0, 0.1) is 0 Å². The van der Waals surface area contributed by atoms with E-state index in [0.29, 0.717) is 19.8 Å². The van der Waals surface area contributed by atoms with Crippen LogP contribution in [0.3, 0.4) is 0 Å². The average Bonchev–Trinajstić information content (AvgIpc) is 2.45. The summed E-state index contributed by atoms with van der Waals surface area (Å²) in [5, 5.41) is 11.5. The van der Waals surface area contributed by atoms with E-state index >= 15 is 0 Å². The van der Waals surface area contributed by atoms with Crippen LogP contribution in [0.25, 0.3) is 0 Å². The quantitative estimate of drug-likeness (QED) is 0.334. The van der Waals surface area contributed by atoms with Crippen LogP contribution in [0.2, 0.25) is 0 Å². The van der Waals surface area contributed by atoms with Crippen molar-refractivity contribution in [3.05, 3.63) is 0 Å². The van der Waals surface area contributed by atoms with Crippen molar-refractivity contribution in [3.8, 4) is 0 Å². The summed E-state index contributed by atoms with van der Waals surface area (Å²) in [6.45, 7) is 8.84. The number of aliphatic carboxylic acids is 1. The number of carboxylic acid groups (broad SMARTS) is 1. The van der Waals surface area contributed by atoms with E-state index in [1.807, 2.05) is 20.8 Å². The molecule has 0 aromatic heterocycles. The zero-order valence-electron chi connectivity index (χ0n) is 14.5. The molecule has 0 rings (SSSR count). The molecule has 6 heteroatoms. The molecule has 0 spiro atoms. The van der Waals surface area contributed by atoms with Crippen molar-refractivity contribution in [1.82, 2.24) is 0 Å². The molecule has 0 radical (unpaired) electrons. The second-order valence-corrected chi connectivity index (χ2v) is 5.38. The predicted octanol–water partition coefficient (Wildman–Crippen LogP) is 2.27. The summed E-state index contributed by atoms with van der Waals surface area (Å²) in [6, 6.07) is 0. The molecule has 0 saturated heterocycles. The third-order valence-electron chi connectivity index (χ3n) is 3.29. The van der Waals surface area contributed by atoms with Gasteiger partial charge in [0, 0.05) is 46.0 Å². The van der Waals surface area contributed by atoms with Crippen LogP contribution >= 0.6 is 0 Å². The van der Waals surface area contributed by atoms with Crippen molar-refractivity contribution >= 4 is 5.97 Å². The van der Waals surface area contributed by atoms with Gasteiger partial charge in [-0.15, -0.1) is 0 Å². The van der Waals surface area contributed by atoms with Crippen molar-refractivity contribution in [3.63, 3.8) is 0 Å². The summed E-state index contributed by atoms with van der Waals surface area (Å²) in [5.41, 5.74) is -1.57. The second-order valence-electron chi connectivity index (χ2n) is 5.38. The van der Waals surface area contributed by atoms with Crippen LogP contribution in [-0.4, -0.2) is 37.7 Å². The van der Waals surface area contributed by atoms with Crippen LogP contribution in [0.1, 0.15) is 66.2 Å². The van der Waals surface area contributed by atoms with E-state index in [-0.39, 0.29) is 26.2 Å². The molecule has 0 heterocycles. The first-order valence-electron chi connectivity index (χ1n) is 8.11. The SMILES string of the molecule is CCCCOC(OCCCC)C(C)(OCCCC)C(=O)[O-].[Zr]. The van der Waals surface area contributed by atoms with Gasteiger partial charge in [0.1, 0.15) is 0 Å². The smallest absolute Gasteiger partial charge is 0.191 e. The van der Waals surface area contributed by atoms with Gasteiger partial charge in [-0.2, -0.15) is 0 Å². The fourth-order valence-corrected chi connectivity index (χ4v) is 1.69. The van der Waals surface area contributed by atoms with Gasteiger partial charge < -0.3 is 24.1 Å². The molecule has 1 unspecified atom stereocenters. The summed E-state index contributed by atoms with van der Waals surface area (Å²) in [4.78, 5) is 11.5. The summed E-state index contributed by atoms with van der Waals surface area (Å²) < 4.78 is 16.8. The first-order chi connectivity index (χ1) is 10.0. The molecular weight excluding hydrogens is 363 g/mol. The maximum atomic E-state index is 11.5. The van der Waals surface area contributed by atoms with E-state index in [1.54, 1.807) is 0 Å². The van der Waals surface area contributed by atoms with Gasteiger partial charge in [0.15, 0.2) is 11.9 Å². The van der Waals surface area contributed by atoms with Crippen LogP contribution in [0.15, 0.2) is 0 Å². The van der Waals surface area contributed by atoms with E-state index in [0.717, 1.165) is 38.5 Å². The van der Waals surface area contributed by atoms with Gasteiger partial charge in [0.25, 0.3) is 0 Å². The first kappa shape index (κ1) is 24.5. The van der Waals surface area contributed by atoms with Crippen LogP contribution < -0.4 is 5.11 Å². The van der Waals surface area contributed by atoms with Crippen molar-refractivity contribution in [2.24, 2.45) is 0 Å². The van der Waals surface area contributed by atoms with E-state index < -0.39 is 17.9 Å². The Bertz CT molecular complexity index is 265. The molecule has 0 bridgehead atoms. The molecule has 22 heavy (non-hydrogen) atoms. The number of ether oxygens (including phenoxy) is 3. The molecule has 5 nitrogen and oxygen atoms in total. The maximum Gasteiger partial charge on any atom is 0.191 e. The summed E-state index contributed by atoms with van der Waals surface area (Å²) in [5.74, 6) is -1.29. The van der Waals surface area contributed by atoms with Crippen LogP contribution in [0.4, 0.5) is 0 Å². The van der Waals surface area contributed by atoms with Gasteiger partial charge in [-0.25, -0.2) is 0 Å². The second kappa shape index (κ2) is 14.8. The van der Waals surface area contributed by atoms with Gasteiger partial charge in [-0.3, -0.25) is 0 Å². The molecule has 0 N–H and O–H groups in total. The Balaban J connectivity index is 0. The zero-order valence-corrected chi connectivity index (χ0v) is 16.9. The van der Waals surface area contributed by atoms with Crippen molar-refractivity contribution in [1.29, 1.82) is 0 Å². The van der Waals surface area contributed by atoms with Gasteiger partial charge in [-0.05, 0) is 26.2 Å². The molecule has 1 atom stereocenters. The fraction of sp³-hybridized carbons (Fsp3) is 0.938. The minimum atomic E-state index is -1.57. The maximum absolute atomic E-state index is 11.5. The molecule has 0 aliphatic heterocycles. The normalized spacial score (nSPS) is 13.7. The molecule has 0 amide bonds. The standard InChI is InChI=1S/C16H32O5.Zr/c1-5-8-11-19-15(20-12-9-6-2)16(4,14(17)18)21-13-10-7-3;/h15H,5-13H2,1-4H3,(H,17,18);/p-1. The Morgan fingerprint density at radius 3 is 1.73 bits per heavy atom. The molecular formula is C16H31O5Zr-. The van der Waals surface area contributed by atoms with E-state index in [2.05, 4.69) is 0 Å². The Morgan fingerprint density at radius 2 is 1.36 bits per heavy atom. The topological polar surface area (TPSA) is 67.8 Å². The predicted molar refractivity (Wildman–Crippen MR) is 79.8 cm³/mol. The molecule has 0 fully saturated rings. The van der Waals surface area contributed by atoms with E-state index in [9.17, 15) is 9.90 Å². The van der Waals surface area contributed by atoms with Gasteiger partial charge in [0.2, 0.25) is 0 Å². The Morgan fingerprint density at radius 1 is 0.955 bits per heavy atom. The molecule has 0 aliphatic carbocycles. The van der Waals surface area contributed by atoms with Crippen molar-refractivity contribution < 1.29 is 50.3 Å². The number of carbonyl (C=O) groups excluding carboxylic acids is 1. The minimum absolute atomic E-state index is 0. The van der Waals surface area contributed by atoms with Crippen LogP contribution in [0.5, 0.6) is 0 Å². The monoisotopic (exact) mass is 393 g/mol. The number of carbonyl (C=O) groups is 1. The number of unbranched alkanes of at least 4 members (excludes halogenated alkanes) is 3. The third kappa shape index (κ3) is 9.39. The van der Waals surface area contributed by atoms with Gasteiger partial charge in [-0.1, -0.05) is 40.0 Å². The Hall–Kier alpha value is 0.233. The summed E-state index contributed by atoms with van der Waals surface area (Å²) in [7, 11) is 0. The van der Waals surface area contributed by atoms with E-state index in [1.165, 1.54) is 6.92 Å². The van der Waals surface area contributed by atoms with E-state index in [4.69, 9.17) is 14.2 Å². The largest absolute Gasteiger partial charge is 0.547 e. The number of rotatable bonds is 14. The number of hydrogen-bond acceptors (Lipinski definition) is 5. The van der Waals surface area contributed by atoms with Crippen molar-refractivity contribution in [2.75, 3.05) is 19.8 Å². The number of carboxylic acids is 1. The van der Waals surface area contributed by atoms with Crippen molar-refractivity contribution in [2.45, 2.75) is 78.1 Å². The van der Waals surface area contributed by atoms with Gasteiger partial charge in [0.05, 0.1) is 5.97 Å². The molecule has 130 valence electrons. The minimum Gasteiger partial charge on any atom is -0.547 e. The Kier molecular flexibility index (Phi) is 16.5. The fourth-order valence-electron chi connectivity index (χ4n) is 1.69. The summed E-state index contributed by atoms with van der Waals surface area (Å²) in [6.07, 6.45) is 4.44. The first-order valence-corrected chi connectivity index (χ1v) is 8.11. The van der Waals surface area contributed by atoms with Crippen LogP contribution in [-0.2, 0) is 45.2 Å². The average molecular weight is 395 g/mol. The molecule has 0 aliphatic rings.